The molecule has 1 aromatic rings. The quantitative estimate of drug-likeness (QED) is 0.784. The Balaban J connectivity index is 3.02. The molecule has 19 heavy (non-hydrogen) atoms. The van der Waals surface area contributed by atoms with Crippen molar-refractivity contribution in [2.45, 2.75) is 37.9 Å². The van der Waals surface area contributed by atoms with E-state index in [-0.39, 0.29) is 17.7 Å². The molecule has 1 atom stereocenters. The number of hydrogen-bond donors (Lipinski definition) is 2. The number of sulfonamides is 1. The van der Waals surface area contributed by atoms with Crippen LogP contribution in [0.3, 0.4) is 0 Å². The number of nitrogens with one attached hydrogen (secondary N) is 1. The smallest absolute Gasteiger partial charge is 0.262 e. The van der Waals surface area contributed by atoms with Crippen LogP contribution in [-0.2, 0) is 16.6 Å². The van der Waals surface area contributed by atoms with Gasteiger partial charge in [0.15, 0.2) is 5.03 Å². The molecule has 1 unspecified atom stereocenters. The number of aliphatic hydroxyl groups excluding tert-OH is 1. The van der Waals surface area contributed by atoms with Crippen molar-refractivity contribution >= 4 is 21.8 Å². The van der Waals surface area contributed by atoms with E-state index in [0.717, 1.165) is 12.2 Å². The van der Waals surface area contributed by atoms with Gasteiger partial charge in [0.2, 0.25) is 0 Å². The third-order valence-electron chi connectivity index (χ3n) is 3.18. The molecule has 0 radical (unpaired) electrons. The van der Waals surface area contributed by atoms with Gasteiger partial charge >= 0.3 is 0 Å². The van der Waals surface area contributed by atoms with E-state index in [1.54, 1.807) is 25.7 Å². The minimum absolute atomic E-state index is 0.0778. The molecule has 6 nitrogen and oxygen atoms in total. The maximum absolute atomic E-state index is 12.5. The summed E-state index contributed by atoms with van der Waals surface area (Å²) >= 11 is 1.68. The summed E-state index contributed by atoms with van der Waals surface area (Å²) in [6.07, 6.45) is 2.76. The largest absolute Gasteiger partial charge is 0.392 e. The summed E-state index contributed by atoms with van der Waals surface area (Å²) in [4.78, 5) is 0. The van der Waals surface area contributed by atoms with E-state index in [0.29, 0.717) is 11.3 Å². The predicted molar refractivity (Wildman–Crippen MR) is 76.7 cm³/mol. The predicted octanol–water partition coefficient (Wildman–Crippen LogP) is 0.973. The highest BCUT2D eigenvalue weighted by Gasteiger charge is 2.30. The molecule has 0 saturated carbocycles. The molecule has 0 saturated heterocycles. The summed E-state index contributed by atoms with van der Waals surface area (Å²) in [7, 11) is -2.12. The van der Waals surface area contributed by atoms with Gasteiger partial charge in [-0.1, -0.05) is 0 Å². The van der Waals surface area contributed by atoms with Crippen molar-refractivity contribution in [3.8, 4) is 0 Å². The Morgan fingerprint density at radius 1 is 1.53 bits per heavy atom. The molecule has 1 aromatic heterocycles. The van der Waals surface area contributed by atoms with Gasteiger partial charge in [0, 0.05) is 24.3 Å². The second kappa shape index (κ2) is 6.74. The monoisotopic (exact) mass is 307 g/mol. The minimum Gasteiger partial charge on any atom is -0.392 e. The molecule has 110 valence electrons. The normalized spacial score (nSPS) is 14.0. The lowest BCUT2D eigenvalue weighted by atomic mass is 10.3. The van der Waals surface area contributed by atoms with Crippen LogP contribution in [0.15, 0.2) is 5.03 Å². The first-order valence-corrected chi connectivity index (χ1v) is 8.81. The molecule has 2 N–H and O–H groups in total. The van der Waals surface area contributed by atoms with E-state index < -0.39 is 10.0 Å². The summed E-state index contributed by atoms with van der Waals surface area (Å²) in [5, 5.41) is 15.6. The zero-order valence-corrected chi connectivity index (χ0v) is 13.3. The van der Waals surface area contributed by atoms with Crippen LogP contribution in [0, 0.1) is 6.92 Å². The Bertz CT molecular complexity index is 513. The van der Waals surface area contributed by atoms with Gasteiger partial charge in [-0.25, -0.2) is 8.42 Å². The van der Waals surface area contributed by atoms with Crippen molar-refractivity contribution in [2.75, 3.05) is 19.1 Å². The van der Waals surface area contributed by atoms with Crippen LogP contribution in [0.5, 0.6) is 0 Å². The number of aliphatic hydroxyl groups is 1. The molecule has 8 heteroatoms. The minimum atomic E-state index is -3.67. The van der Waals surface area contributed by atoms with Gasteiger partial charge in [0.1, 0.15) is 0 Å². The molecule has 0 amide bonds. The number of aromatic nitrogens is 2. The first-order valence-electron chi connectivity index (χ1n) is 5.97. The Kier molecular flexibility index (Phi) is 5.84. The van der Waals surface area contributed by atoms with E-state index in [1.165, 1.54) is 4.31 Å². The summed E-state index contributed by atoms with van der Waals surface area (Å²) in [5.41, 5.74) is 0.912. The SMILES string of the molecule is CSCCC(C)N(C)S(=O)(=O)c1n[nH]c(C)c1CO. The first kappa shape index (κ1) is 16.5. The zero-order chi connectivity index (χ0) is 14.6. The fourth-order valence-electron chi connectivity index (χ4n) is 1.67. The average molecular weight is 307 g/mol. The third kappa shape index (κ3) is 3.50. The van der Waals surface area contributed by atoms with Crippen LogP contribution < -0.4 is 0 Å². The molecule has 0 aliphatic rings. The summed E-state index contributed by atoms with van der Waals surface area (Å²) in [5.74, 6) is 0.896. The fourth-order valence-corrected chi connectivity index (χ4v) is 3.79. The molecule has 0 aliphatic heterocycles. The molecular formula is C11H21N3O3S2. The molecule has 0 aliphatic carbocycles. The van der Waals surface area contributed by atoms with Crippen molar-refractivity contribution in [1.82, 2.24) is 14.5 Å². The number of aryl methyl sites for hydroxylation is 1. The number of H-pyrrole nitrogens is 1. The number of rotatable bonds is 7. The van der Waals surface area contributed by atoms with E-state index >= 15 is 0 Å². The topological polar surface area (TPSA) is 86.3 Å². The summed E-state index contributed by atoms with van der Waals surface area (Å²) in [6, 6.07) is -0.110. The van der Waals surface area contributed by atoms with Gasteiger partial charge in [0.05, 0.1) is 6.61 Å². The van der Waals surface area contributed by atoms with E-state index in [4.69, 9.17) is 0 Å². The van der Waals surface area contributed by atoms with Crippen molar-refractivity contribution < 1.29 is 13.5 Å². The van der Waals surface area contributed by atoms with Crippen LogP contribution in [0.2, 0.25) is 0 Å². The number of hydrogen-bond acceptors (Lipinski definition) is 5. The van der Waals surface area contributed by atoms with Gasteiger partial charge in [-0.2, -0.15) is 21.2 Å². The first-order chi connectivity index (χ1) is 8.86. The van der Waals surface area contributed by atoms with Gasteiger partial charge in [-0.3, -0.25) is 5.10 Å². The maximum atomic E-state index is 12.5. The third-order valence-corrected chi connectivity index (χ3v) is 5.77. The average Bonchev–Trinajstić information content (AvgIpc) is 2.76. The lowest BCUT2D eigenvalue weighted by molar-refractivity contribution is 0.277. The van der Waals surface area contributed by atoms with Crippen molar-refractivity contribution in [3.05, 3.63) is 11.3 Å². The number of nitrogens with zero attached hydrogens (tertiary/aromatic N) is 2. The van der Waals surface area contributed by atoms with Crippen molar-refractivity contribution in [3.63, 3.8) is 0 Å². The Morgan fingerprint density at radius 3 is 2.68 bits per heavy atom. The molecule has 1 rings (SSSR count). The standard InChI is InChI=1S/C11H21N3O3S2/c1-8(5-6-18-4)14(3)19(16,17)11-10(7-15)9(2)12-13-11/h8,15H,5-7H2,1-4H3,(H,12,13). The van der Waals surface area contributed by atoms with Crippen molar-refractivity contribution in [2.24, 2.45) is 0 Å². The lowest BCUT2D eigenvalue weighted by Gasteiger charge is -2.23. The summed E-state index contributed by atoms with van der Waals surface area (Å²) < 4.78 is 26.2. The van der Waals surface area contributed by atoms with Gasteiger partial charge < -0.3 is 5.11 Å². The Morgan fingerprint density at radius 2 is 2.16 bits per heavy atom. The van der Waals surface area contributed by atoms with Crippen molar-refractivity contribution in [1.29, 1.82) is 0 Å². The molecule has 1 heterocycles. The van der Waals surface area contributed by atoms with Gasteiger partial charge in [-0.15, -0.1) is 0 Å². The van der Waals surface area contributed by atoms with Crippen LogP contribution in [-0.4, -0.2) is 53.1 Å². The summed E-state index contributed by atoms with van der Waals surface area (Å²) in [6.45, 7) is 3.21. The van der Waals surface area contributed by atoms with Gasteiger partial charge in [-0.05, 0) is 32.3 Å². The van der Waals surface area contributed by atoms with Gasteiger partial charge in [0.25, 0.3) is 10.0 Å². The highest BCUT2D eigenvalue weighted by Crippen LogP contribution is 2.22. The Labute approximate surface area is 118 Å². The second-order valence-electron chi connectivity index (χ2n) is 4.44. The molecule has 0 aromatic carbocycles. The highest BCUT2D eigenvalue weighted by molar-refractivity contribution is 7.98. The highest BCUT2D eigenvalue weighted by atomic mass is 32.2. The van der Waals surface area contributed by atoms with Crippen LogP contribution in [0.25, 0.3) is 0 Å². The molecule has 0 bridgehead atoms. The van der Waals surface area contributed by atoms with E-state index in [2.05, 4.69) is 10.2 Å². The zero-order valence-electron chi connectivity index (χ0n) is 11.7. The number of thioether (sulfide) groups is 1. The maximum Gasteiger partial charge on any atom is 0.262 e. The van der Waals surface area contributed by atoms with E-state index in [9.17, 15) is 13.5 Å². The fraction of sp³-hybridized carbons (Fsp3) is 0.727. The van der Waals surface area contributed by atoms with Crippen LogP contribution >= 0.6 is 11.8 Å². The Hall–Kier alpha value is -0.570. The molecular weight excluding hydrogens is 286 g/mol. The van der Waals surface area contributed by atoms with Crippen LogP contribution in [0.1, 0.15) is 24.6 Å². The molecule has 0 fully saturated rings. The lowest BCUT2D eigenvalue weighted by Crippen LogP contribution is -2.36. The van der Waals surface area contributed by atoms with Crippen LogP contribution in [0.4, 0.5) is 0 Å². The van der Waals surface area contributed by atoms with E-state index in [1.807, 2.05) is 13.2 Å². The molecule has 0 spiro atoms. The second-order valence-corrected chi connectivity index (χ2v) is 7.34. The number of aromatic amines is 1.